The number of hydrogen-bond acceptors (Lipinski definition) is 8. The van der Waals surface area contributed by atoms with Gasteiger partial charge in [-0.25, -0.2) is 13.4 Å². The van der Waals surface area contributed by atoms with Crippen LogP contribution in [0.4, 0.5) is 11.6 Å². The molecule has 1 fully saturated rings. The van der Waals surface area contributed by atoms with Crippen molar-refractivity contribution in [2.45, 2.75) is 64.3 Å². The van der Waals surface area contributed by atoms with Gasteiger partial charge < -0.3 is 19.3 Å². The van der Waals surface area contributed by atoms with Gasteiger partial charge in [0.2, 0.25) is 0 Å². The number of hydrogen-bond donors (Lipinski definition) is 0. The van der Waals surface area contributed by atoms with Gasteiger partial charge in [0.1, 0.15) is 25.1 Å². The number of sulfone groups is 1. The summed E-state index contributed by atoms with van der Waals surface area (Å²) in [5.41, 5.74) is 0.748. The standard InChI is InChI=1S/C23H42IN5O4SSi2/c1-19-16-34(30,31)11-8-28(19)21-14-22(29-23(26-21)20(24)15-25-29)27(17-32-9-12-35(2,3)4)18-33-10-13-36(5,6)7/h14-15,19H,8-13,16-18H2,1-7H3. The zero-order chi connectivity index (χ0) is 26.7. The molecule has 1 saturated heterocycles. The van der Waals surface area contributed by atoms with Crippen LogP contribution in [0.15, 0.2) is 12.3 Å². The molecule has 2 aromatic heterocycles. The monoisotopic (exact) mass is 667 g/mol. The lowest BCUT2D eigenvalue weighted by atomic mass is 10.3. The molecule has 0 saturated carbocycles. The van der Waals surface area contributed by atoms with Crippen LogP contribution in [0.3, 0.4) is 0 Å². The van der Waals surface area contributed by atoms with Gasteiger partial charge in [-0.2, -0.15) is 9.61 Å². The van der Waals surface area contributed by atoms with E-state index in [1.807, 2.05) is 17.5 Å². The van der Waals surface area contributed by atoms with Crippen molar-refractivity contribution in [3.63, 3.8) is 0 Å². The highest BCUT2D eigenvalue weighted by atomic mass is 127. The fraction of sp³-hybridized carbons (Fsp3) is 0.739. The Morgan fingerprint density at radius 2 is 1.67 bits per heavy atom. The van der Waals surface area contributed by atoms with E-state index in [1.54, 1.807) is 6.20 Å². The van der Waals surface area contributed by atoms with Crippen molar-refractivity contribution in [1.82, 2.24) is 14.6 Å². The molecule has 204 valence electrons. The average Bonchev–Trinajstić information content (AvgIpc) is 3.11. The summed E-state index contributed by atoms with van der Waals surface area (Å²) in [5.74, 6) is 1.86. The lowest BCUT2D eigenvalue weighted by Gasteiger charge is -2.35. The van der Waals surface area contributed by atoms with Gasteiger partial charge in [-0.1, -0.05) is 39.3 Å². The highest BCUT2D eigenvalue weighted by Gasteiger charge is 2.30. The molecule has 2 aromatic rings. The topological polar surface area (TPSA) is 89.3 Å². The van der Waals surface area contributed by atoms with E-state index in [0.29, 0.717) is 33.2 Å². The minimum Gasteiger partial charge on any atom is -0.361 e. The molecular formula is C23H42IN5O4SSi2. The quantitative estimate of drug-likeness (QED) is 0.143. The lowest BCUT2D eigenvalue weighted by Crippen LogP contribution is -2.47. The SMILES string of the molecule is CC1CS(=O)(=O)CCN1c1cc(N(COCC[Si](C)(C)C)COCC[Si](C)(C)C)n2ncc(I)c2n1. The van der Waals surface area contributed by atoms with Crippen molar-refractivity contribution in [1.29, 1.82) is 0 Å². The summed E-state index contributed by atoms with van der Waals surface area (Å²) in [6.07, 6.45) is 1.80. The van der Waals surface area contributed by atoms with Gasteiger partial charge >= 0.3 is 0 Å². The minimum absolute atomic E-state index is 0.134. The molecule has 3 rings (SSSR count). The summed E-state index contributed by atoms with van der Waals surface area (Å²) in [4.78, 5) is 9.04. The molecule has 0 radical (unpaired) electrons. The van der Waals surface area contributed by atoms with Crippen LogP contribution in [-0.4, -0.2) is 89.9 Å². The summed E-state index contributed by atoms with van der Waals surface area (Å²) in [6, 6.07) is 4.03. The van der Waals surface area contributed by atoms with Gasteiger partial charge in [-0.05, 0) is 41.6 Å². The second-order valence-corrected chi connectivity index (χ2v) is 26.7. The Morgan fingerprint density at radius 1 is 1.08 bits per heavy atom. The molecule has 13 heteroatoms. The Bertz CT molecular complexity index is 1110. The number of anilines is 2. The number of nitrogens with zero attached hydrogens (tertiary/aromatic N) is 5. The molecule has 36 heavy (non-hydrogen) atoms. The van der Waals surface area contributed by atoms with Crippen molar-refractivity contribution in [3.8, 4) is 0 Å². The Morgan fingerprint density at radius 3 is 2.19 bits per heavy atom. The Hall–Kier alpha value is -0.746. The predicted molar refractivity (Wildman–Crippen MR) is 162 cm³/mol. The van der Waals surface area contributed by atoms with Crippen LogP contribution >= 0.6 is 22.6 Å². The molecule has 1 unspecified atom stereocenters. The summed E-state index contributed by atoms with van der Waals surface area (Å²) in [5, 5.41) is 4.60. The van der Waals surface area contributed by atoms with Crippen LogP contribution in [-0.2, 0) is 19.3 Å². The lowest BCUT2D eigenvalue weighted by molar-refractivity contribution is 0.0942. The van der Waals surface area contributed by atoms with Crippen LogP contribution in [0.1, 0.15) is 6.92 Å². The summed E-state index contributed by atoms with van der Waals surface area (Å²) >= 11 is 2.25. The Labute approximate surface area is 232 Å². The van der Waals surface area contributed by atoms with Crippen LogP contribution in [0.2, 0.25) is 51.4 Å². The number of aromatic nitrogens is 3. The molecule has 1 aliphatic rings. The van der Waals surface area contributed by atoms with E-state index in [-0.39, 0.29) is 17.5 Å². The Kier molecular flexibility index (Phi) is 9.91. The third-order valence-corrected chi connectivity index (χ3v) is 12.1. The first-order chi connectivity index (χ1) is 16.7. The van der Waals surface area contributed by atoms with Crippen LogP contribution in [0.25, 0.3) is 5.65 Å². The largest absolute Gasteiger partial charge is 0.361 e. The fourth-order valence-corrected chi connectivity index (χ4v) is 7.44. The van der Waals surface area contributed by atoms with E-state index in [0.717, 1.165) is 32.9 Å². The van der Waals surface area contributed by atoms with Gasteiger partial charge in [0.15, 0.2) is 15.5 Å². The molecule has 0 bridgehead atoms. The summed E-state index contributed by atoms with van der Waals surface area (Å²) in [7, 11) is -5.44. The van der Waals surface area contributed by atoms with E-state index in [2.05, 4.69) is 76.8 Å². The van der Waals surface area contributed by atoms with Crippen molar-refractivity contribution >= 4 is 65.9 Å². The maximum Gasteiger partial charge on any atom is 0.173 e. The molecule has 1 aliphatic heterocycles. The normalized spacial score (nSPS) is 18.7. The van der Waals surface area contributed by atoms with Crippen LogP contribution in [0.5, 0.6) is 0 Å². The van der Waals surface area contributed by atoms with Gasteiger partial charge in [0, 0.05) is 48.0 Å². The van der Waals surface area contributed by atoms with Crippen molar-refractivity contribution in [2.24, 2.45) is 0 Å². The first kappa shape index (κ1) is 29.8. The second kappa shape index (κ2) is 12.0. The van der Waals surface area contributed by atoms with Gasteiger partial charge in [-0.3, -0.25) is 0 Å². The first-order valence-corrected chi connectivity index (χ1v) is 22.9. The smallest absolute Gasteiger partial charge is 0.173 e. The highest BCUT2D eigenvalue weighted by Crippen LogP contribution is 2.28. The molecule has 0 spiro atoms. The van der Waals surface area contributed by atoms with E-state index < -0.39 is 26.0 Å². The first-order valence-electron chi connectivity index (χ1n) is 12.6. The number of rotatable bonds is 12. The molecule has 1 atom stereocenters. The number of halogens is 1. The maximum atomic E-state index is 12.2. The zero-order valence-corrected chi connectivity index (χ0v) is 27.7. The molecule has 3 heterocycles. The molecule has 0 aromatic carbocycles. The van der Waals surface area contributed by atoms with Crippen LogP contribution in [0, 0.1) is 3.57 Å². The van der Waals surface area contributed by atoms with E-state index in [4.69, 9.17) is 14.5 Å². The number of fused-ring (bicyclic) bond motifs is 1. The average molecular weight is 668 g/mol. The molecular weight excluding hydrogens is 625 g/mol. The van der Waals surface area contributed by atoms with Crippen molar-refractivity contribution in [2.75, 3.05) is 54.5 Å². The zero-order valence-electron chi connectivity index (χ0n) is 22.8. The van der Waals surface area contributed by atoms with Gasteiger partial charge in [0.25, 0.3) is 0 Å². The third kappa shape index (κ3) is 8.65. The van der Waals surface area contributed by atoms with Gasteiger partial charge in [-0.15, -0.1) is 0 Å². The molecule has 9 nitrogen and oxygen atoms in total. The Balaban J connectivity index is 1.90. The summed E-state index contributed by atoms with van der Waals surface area (Å²) in [6.45, 7) is 18.6. The highest BCUT2D eigenvalue weighted by molar-refractivity contribution is 14.1. The summed E-state index contributed by atoms with van der Waals surface area (Å²) < 4.78 is 39.4. The molecule has 0 N–H and O–H groups in total. The van der Waals surface area contributed by atoms with E-state index >= 15 is 0 Å². The van der Waals surface area contributed by atoms with E-state index in [9.17, 15) is 8.42 Å². The van der Waals surface area contributed by atoms with E-state index in [1.165, 1.54) is 0 Å². The number of ether oxygens (including phenoxy) is 2. The minimum atomic E-state index is -3.03. The molecule has 0 amide bonds. The second-order valence-electron chi connectivity index (χ2n) is 12.1. The van der Waals surface area contributed by atoms with Crippen molar-refractivity contribution < 1.29 is 17.9 Å². The van der Waals surface area contributed by atoms with Crippen molar-refractivity contribution in [3.05, 3.63) is 15.8 Å². The molecule has 0 aliphatic carbocycles. The van der Waals surface area contributed by atoms with Crippen LogP contribution < -0.4 is 9.80 Å². The predicted octanol–water partition coefficient (Wildman–Crippen LogP) is 4.39. The maximum absolute atomic E-state index is 12.2. The fourth-order valence-electron chi connectivity index (χ4n) is 3.89. The third-order valence-electron chi connectivity index (χ3n) is 6.17. The van der Waals surface area contributed by atoms with Gasteiger partial charge in [0.05, 0.1) is 21.3 Å².